The molecule has 10 heteroatoms. The Hall–Kier alpha value is -3.95. The van der Waals surface area contributed by atoms with Gasteiger partial charge in [-0.05, 0) is 35.9 Å². The van der Waals surface area contributed by atoms with Gasteiger partial charge in [0.25, 0.3) is 5.91 Å². The number of rotatable bonds is 5. The fourth-order valence-corrected chi connectivity index (χ4v) is 3.85. The van der Waals surface area contributed by atoms with E-state index in [1.54, 1.807) is 19.1 Å². The smallest absolute Gasteiger partial charge is 0.270 e. The summed E-state index contributed by atoms with van der Waals surface area (Å²) >= 11 is 0. The molecule has 1 fully saturated rings. The third kappa shape index (κ3) is 4.85. The van der Waals surface area contributed by atoms with Crippen LogP contribution in [0.4, 0.5) is 17.5 Å². The average molecular weight is 435 g/mol. The highest BCUT2D eigenvalue weighted by Crippen LogP contribution is 2.23. The van der Waals surface area contributed by atoms with E-state index in [0.29, 0.717) is 37.1 Å². The van der Waals surface area contributed by atoms with Gasteiger partial charge in [-0.15, -0.1) is 0 Å². The minimum Gasteiger partial charge on any atom is -0.384 e. The van der Waals surface area contributed by atoms with Gasteiger partial charge in [0.2, 0.25) is 5.91 Å². The van der Waals surface area contributed by atoms with Crippen LogP contribution in [0.15, 0.2) is 36.7 Å². The van der Waals surface area contributed by atoms with Crippen LogP contribution >= 0.6 is 0 Å². The number of nitrogens with one attached hydrogen (secondary N) is 2. The van der Waals surface area contributed by atoms with E-state index in [2.05, 4.69) is 25.6 Å². The maximum atomic E-state index is 12.6. The molecule has 1 aliphatic heterocycles. The van der Waals surface area contributed by atoms with Gasteiger partial charge in [-0.25, -0.2) is 15.0 Å². The monoisotopic (exact) mass is 434 g/mol. The van der Waals surface area contributed by atoms with Crippen LogP contribution in [0.1, 0.15) is 35.8 Å². The molecule has 6 N–H and O–H groups in total. The number of piperidine rings is 1. The van der Waals surface area contributed by atoms with Crippen molar-refractivity contribution < 1.29 is 9.59 Å². The summed E-state index contributed by atoms with van der Waals surface area (Å²) in [5, 5.41) is 7.90. The van der Waals surface area contributed by atoms with Crippen molar-refractivity contribution >= 4 is 40.0 Å². The Kier molecular flexibility index (Phi) is 6.02. The number of aromatic nitrogens is 3. The fourth-order valence-electron chi connectivity index (χ4n) is 3.85. The van der Waals surface area contributed by atoms with E-state index in [-0.39, 0.29) is 23.6 Å². The largest absolute Gasteiger partial charge is 0.384 e. The van der Waals surface area contributed by atoms with E-state index in [4.69, 9.17) is 11.5 Å². The third-order valence-electron chi connectivity index (χ3n) is 5.59. The maximum absolute atomic E-state index is 12.6. The summed E-state index contributed by atoms with van der Waals surface area (Å²) in [6.45, 7) is 3.34. The molecule has 0 radical (unpaired) electrons. The first-order chi connectivity index (χ1) is 15.4. The van der Waals surface area contributed by atoms with E-state index >= 15 is 0 Å². The lowest BCUT2D eigenvalue weighted by Crippen LogP contribution is -2.41. The Bertz CT molecular complexity index is 1160. The minimum absolute atomic E-state index is 0.0967. The van der Waals surface area contributed by atoms with Crippen molar-refractivity contribution in [3.63, 3.8) is 0 Å². The summed E-state index contributed by atoms with van der Waals surface area (Å²) in [6.07, 6.45) is 3.03. The first kappa shape index (κ1) is 21.3. The molecular weight excluding hydrogens is 408 g/mol. The first-order valence-corrected chi connectivity index (χ1v) is 10.5. The third-order valence-corrected chi connectivity index (χ3v) is 5.59. The number of nitrogen functional groups attached to an aromatic ring is 2. The molecule has 0 bridgehead atoms. The SMILES string of the molecule is CC(=O)N1CCC(Nc2cc(C(=O)NCc3ccc4c(N)nc(N)cc4c3)ncn2)CC1. The van der Waals surface area contributed by atoms with Crippen molar-refractivity contribution in [2.45, 2.75) is 32.4 Å². The fraction of sp³-hybridized carbons (Fsp3) is 0.318. The Balaban J connectivity index is 1.37. The number of pyridine rings is 1. The summed E-state index contributed by atoms with van der Waals surface area (Å²) < 4.78 is 0. The number of nitrogens with two attached hydrogens (primary N) is 2. The van der Waals surface area contributed by atoms with Gasteiger partial charge in [0.05, 0.1) is 0 Å². The van der Waals surface area contributed by atoms with Crippen LogP contribution < -0.4 is 22.1 Å². The topological polar surface area (TPSA) is 152 Å². The number of nitrogens with zero attached hydrogens (tertiary/aromatic N) is 4. The summed E-state index contributed by atoms with van der Waals surface area (Å²) in [6, 6.07) is 9.26. The highest BCUT2D eigenvalue weighted by atomic mass is 16.2. The van der Waals surface area contributed by atoms with Gasteiger partial charge in [0, 0.05) is 44.1 Å². The van der Waals surface area contributed by atoms with Gasteiger partial charge in [-0.3, -0.25) is 9.59 Å². The number of carbonyl (C=O) groups is 2. The van der Waals surface area contributed by atoms with Gasteiger partial charge in [-0.2, -0.15) is 0 Å². The summed E-state index contributed by atoms with van der Waals surface area (Å²) in [5.41, 5.74) is 12.9. The first-order valence-electron chi connectivity index (χ1n) is 10.5. The van der Waals surface area contributed by atoms with Crippen LogP contribution in [0, 0.1) is 0 Å². The zero-order valence-corrected chi connectivity index (χ0v) is 17.8. The second kappa shape index (κ2) is 9.04. The predicted molar refractivity (Wildman–Crippen MR) is 123 cm³/mol. The molecule has 4 rings (SSSR count). The van der Waals surface area contributed by atoms with Crippen molar-refractivity contribution in [2.24, 2.45) is 0 Å². The lowest BCUT2D eigenvalue weighted by atomic mass is 10.1. The van der Waals surface area contributed by atoms with Gasteiger partial charge in [0.15, 0.2) is 0 Å². The molecule has 32 heavy (non-hydrogen) atoms. The van der Waals surface area contributed by atoms with Crippen molar-refractivity contribution in [3.8, 4) is 0 Å². The van der Waals surface area contributed by atoms with Crippen LogP contribution in [0.5, 0.6) is 0 Å². The van der Waals surface area contributed by atoms with Gasteiger partial charge in [-0.1, -0.05) is 12.1 Å². The quantitative estimate of drug-likeness (QED) is 0.472. The second-order valence-corrected chi connectivity index (χ2v) is 7.88. The molecule has 0 atom stereocenters. The normalized spacial score (nSPS) is 14.3. The minimum atomic E-state index is -0.296. The van der Waals surface area contributed by atoms with Gasteiger partial charge < -0.3 is 27.0 Å². The van der Waals surface area contributed by atoms with E-state index in [0.717, 1.165) is 29.2 Å². The molecule has 0 spiro atoms. The van der Waals surface area contributed by atoms with E-state index in [9.17, 15) is 9.59 Å². The van der Waals surface area contributed by atoms with Crippen LogP contribution in [0.3, 0.4) is 0 Å². The van der Waals surface area contributed by atoms with Crippen LogP contribution in [0.25, 0.3) is 10.8 Å². The van der Waals surface area contributed by atoms with E-state index in [1.807, 2.05) is 23.1 Å². The van der Waals surface area contributed by atoms with Crippen molar-refractivity contribution in [1.82, 2.24) is 25.2 Å². The number of hydrogen-bond acceptors (Lipinski definition) is 8. The number of likely N-dealkylation sites (tertiary alicyclic amines) is 1. The molecular formula is C22H26N8O2. The highest BCUT2D eigenvalue weighted by Gasteiger charge is 2.21. The summed E-state index contributed by atoms with van der Waals surface area (Å²) in [5.74, 6) is 1.12. The Morgan fingerprint density at radius 1 is 1.12 bits per heavy atom. The standard InChI is InChI=1S/C22H26N8O2/c1-13(31)30-6-4-16(5-7-30)28-20-10-18(26-12-27-20)22(32)25-11-14-2-3-17-15(8-14)9-19(23)29-21(17)24/h2-3,8-10,12,16H,4-7,11H2,1H3,(H,25,32)(H4,23,24,29)(H,26,27,28). The molecule has 2 amide bonds. The molecule has 3 heterocycles. The molecule has 1 saturated heterocycles. The maximum Gasteiger partial charge on any atom is 0.270 e. The van der Waals surface area contributed by atoms with Crippen molar-refractivity contribution in [1.29, 1.82) is 0 Å². The zero-order chi connectivity index (χ0) is 22.7. The molecule has 166 valence electrons. The molecule has 0 aliphatic carbocycles. The summed E-state index contributed by atoms with van der Waals surface area (Å²) in [4.78, 5) is 38.3. The summed E-state index contributed by atoms with van der Waals surface area (Å²) in [7, 11) is 0. The zero-order valence-electron chi connectivity index (χ0n) is 17.8. The molecule has 10 nitrogen and oxygen atoms in total. The number of fused-ring (bicyclic) bond motifs is 1. The number of benzene rings is 1. The van der Waals surface area contributed by atoms with E-state index < -0.39 is 0 Å². The van der Waals surface area contributed by atoms with Crippen LogP contribution in [-0.2, 0) is 11.3 Å². The number of amides is 2. The number of carbonyl (C=O) groups excluding carboxylic acids is 2. The van der Waals surface area contributed by atoms with Crippen molar-refractivity contribution in [3.05, 3.63) is 47.9 Å². The molecule has 2 aromatic heterocycles. The molecule has 1 aromatic carbocycles. The predicted octanol–water partition coefficient (Wildman–Crippen LogP) is 1.54. The van der Waals surface area contributed by atoms with Gasteiger partial charge in [0.1, 0.15) is 29.5 Å². The number of hydrogen-bond donors (Lipinski definition) is 4. The highest BCUT2D eigenvalue weighted by molar-refractivity contribution is 5.94. The van der Waals surface area contributed by atoms with Crippen molar-refractivity contribution in [2.75, 3.05) is 29.9 Å². The Labute approximate surface area is 185 Å². The molecule has 1 aliphatic rings. The number of anilines is 3. The van der Waals surface area contributed by atoms with E-state index in [1.165, 1.54) is 6.33 Å². The van der Waals surface area contributed by atoms with Crippen LogP contribution in [0.2, 0.25) is 0 Å². The Morgan fingerprint density at radius 3 is 2.66 bits per heavy atom. The molecule has 0 saturated carbocycles. The second-order valence-electron chi connectivity index (χ2n) is 7.88. The molecule has 0 unspecified atom stereocenters. The lowest BCUT2D eigenvalue weighted by molar-refractivity contribution is -0.129. The average Bonchev–Trinajstić information content (AvgIpc) is 2.77. The Morgan fingerprint density at radius 2 is 1.91 bits per heavy atom. The lowest BCUT2D eigenvalue weighted by Gasteiger charge is -2.31. The molecule has 3 aromatic rings. The van der Waals surface area contributed by atoms with Crippen LogP contribution in [-0.4, -0.2) is 50.8 Å². The van der Waals surface area contributed by atoms with Gasteiger partial charge >= 0.3 is 0 Å².